The molecule has 0 fully saturated rings. The zero-order valence-electron chi connectivity index (χ0n) is 11.3. The molecule has 0 aliphatic heterocycles. The van der Waals surface area contributed by atoms with E-state index in [4.69, 9.17) is 10.5 Å². The molecule has 2 aromatic carbocycles. The number of hydrogen-bond acceptors (Lipinski definition) is 3. The molecule has 0 saturated heterocycles. The average Bonchev–Trinajstić information content (AvgIpc) is 2.38. The first-order chi connectivity index (χ1) is 9.04. The minimum atomic E-state index is -0.356. The second-order valence-electron chi connectivity index (χ2n) is 4.41. The summed E-state index contributed by atoms with van der Waals surface area (Å²) in [6, 6.07) is 10.4. The van der Waals surface area contributed by atoms with E-state index < -0.39 is 0 Å². The molecule has 0 atom stereocenters. The number of nitrogens with two attached hydrogens (primary N) is 1. The zero-order chi connectivity index (χ0) is 14.0. The largest absolute Gasteiger partial charge is 0.495 e. The van der Waals surface area contributed by atoms with Crippen LogP contribution in [0.3, 0.4) is 0 Å². The SMILES string of the molecule is COc1ccc(C)cc1N(C)c1c(N)cccc1F. The van der Waals surface area contributed by atoms with E-state index in [2.05, 4.69) is 0 Å². The van der Waals surface area contributed by atoms with E-state index in [1.165, 1.54) is 6.07 Å². The van der Waals surface area contributed by atoms with E-state index in [0.717, 1.165) is 11.3 Å². The van der Waals surface area contributed by atoms with Gasteiger partial charge in [-0.05, 0) is 36.8 Å². The third-order valence-electron chi connectivity index (χ3n) is 3.05. The van der Waals surface area contributed by atoms with Crippen molar-refractivity contribution in [2.24, 2.45) is 0 Å². The fourth-order valence-electron chi connectivity index (χ4n) is 2.07. The van der Waals surface area contributed by atoms with Crippen LogP contribution < -0.4 is 15.4 Å². The smallest absolute Gasteiger partial charge is 0.148 e. The number of nitrogen functional groups attached to an aromatic ring is 1. The first-order valence-electron chi connectivity index (χ1n) is 5.97. The second-order valence-corrected chi connectivity index (χ2v) is 4.41. The van der Waals surface area contributed by atoms with Crippen LogP contribution in [-0.2, 0) is 0 Å². The minimum Gasteiger partial charge on any atom is -0.495 e. The van der Waals surface area contributed by atoms with Crippen molar-refractivity contribution in [2.75, 3.05) is 24.8 Å². The van der Waals surface area contributed by atoms with Crippen molar-refractivity contribution in [1.29, 1.82) is 0 Å². The van der Waals surface area contributed by atoms with Gasteiger partial charge in [0.05, 0.1) is 18.5 Å². The molecule has 0 bridgehead atoms. The van der Waals surface area contributed by atoms with Crippen LogP contribution in [0.2, 0.25) is 0 Å². The van der Waals surface area contributed by atoms with E-state index >= 15 is 0 Å². The van der Waals surface area contributed by atoms with Gasteiger partial charge in [0.2, 0.25) is 0 Å². The molecular weight excluding hydrogens is 243 g/mol. The Kier molecular flexibility index (Phi) is 3.60. The van der Waals surface area contributed by atoms with Gasteiger partial charge in [-0.3, -0.25) is 0 Å². The minimum absolute atomic E-state index is 0.353. The molecule has 0 spiro atoms. The molecule has 0 aliphatic rings. The van der Waals surface area contributed by atoms with E-state index in [1.54, 1.807) is 31.2 Å². The van der Waals surface area contributed by atoms with Crippen molar-refractivity contribution in [3.8, 4) is 5.75 Å². The highest BCUT2D eigenvalue weighted by Gasteiger charge is 2.16. The number of hydrogen-bond donors (Lipinski definition) is 1. The van der Waals surface area contributed by atoms with Gasteiger partial charge in [-0.1, -0.05) is 12.1 Å². The Morgan fingerprint density at radius 3 is 2.58 bits per heavy atom. The van der Waals surface area contributed by atoms with Gasteiger partial charge in [-0.25, -0.2) is 4.39 Å². The lowest BCUT2D eigenvalue weighted by atomic mass is 10.1. The van der Waals surface area contributed by atoms with Gasteiger partial charge in [-0.15, -0.1) is 0 Å². The molecule has 100 valence electrons. The van der Waals surface area contributed by atoms with E-state index in [1.807, 2.05) is 25.1 Å². The Hall–Kier alpha value is -2.23. The van der Waals surface area contributed by atoms with Gasteiger partial charge in [0, 0.05) is 7.05 Å². The van der Waals surface area contributed by atoms with Gasteiger partial charge < -0.3 is 15.4 Å². The molecule has 2 N–H and O–H groups in total. The van der Waals surface area contributed by atoms with Crippen LogP contribution in [0.4, 0.5) is 21.5 Å². The van der Waals surface area contributed by atoms with Crippen molar-refractivity contribution < 1.29 is 9.13 Å². The molecule has 19 heavy (non-hydrogen) atoms. The first kappa shape index (κ1) is 13.2. The molecule has 3 nitrogen and oxygen atoms in total. The summed E-state index contributed by atoms with van der Waals surface area (Å²) in [7, 11) is 3.36. The van der Waals surface area contributed by atoms with Crippen LogP contribution in [0.5, 0.6) is 5.75 Å². The molecule has 0 aliphatic carbocycles. The number of nitrogens with zero attached hydrogens (tertiary/aromatic N) is 1. The fraction of sp³-hybridized carbons (Fsp3) is 0.200. The molecule has 0 unspecified atom stereocenters. The summed E-state index contributed by atoms with van der Waals surface area (Å²) in [6.45, 7) is 1.97. The van der Waals surface area contributed by atoms with Crippen molar-refractivity contribution in [3.05, 3.63) is 47.8 Å². The molecule has 0 heterocycles. The van der Waals surface area contributed by atoms with Crippen LogP contribution in [0, 0.1) is 12.7 Å². The number of anilines is 3. The van der Waals surface area contributed by atoms with E-state index in [-0.39, 0.29) is 5.82 Å². The predicted octanol–water partition coefficient (Wildman–Crippen LogP) is 3.49. The molecule has 0 radical (unpaired) electrons. The lowest BCUT2D eigenvalue weighted by Gasteiger charge is -2.24. The number of benzene rings is 2. The summed E-state index contributed by atoms with van der Waals surface area (Å²) in [5.74, 6) is 0.321. The quantitative estimate of drug-likeness (QED) is 0.858. The number of para-hydroxylation sites is 1. The fourth-order valence-corrected chi connectivity index (χ4v) is 2.07. The Labute approximate surface area is 112 Å². The number of rotatable bonds is 3. The maximum absolute atomic E-state index is 14.0. The average molecular weight is 260 g/mol. The van der Waals surface area contributed by atoms with Gasteiger partial charge >= 0.3 is 0 Å². The summed E-state index contributed by atoms with van der Waals surface area (Å²) in [5, 5.41) is 0. The molecule has 2 rings (SSSR count). The summed E-state index contributed by atoms with van der Waals surface area (Å²) in [5.41, 5.74) is 8.46. The molecule has 2 aromatic rings. The monoisotopic (exact) mass is 260 g/mol. The van der Waals surface area contributed by atoms with Crippen molar-refractivity contribution in [1.82, 2.24) is 0 Å². The van der Waals surface area contributed by atoms with Crippen LogP contribution in [0.25, 0.3) is 0 Å². The van der Waals surface area contributed by atoms with Crippen molar-refractivity contribution in [3.63, 3.8) is 0 Å². The van der Waals surface area contributed by atoms with Crippen LogP contribution in [-0.4, -0.2) is 14.2 Å². The topological polar surface area (TPSA) is 38.5 Å². The number of aryl methyl sites for hydroxylation is 1. The Morgan fingerprint density at radius 1 is 1.21 bits per heavy atom. The highest BCUT2D eigenvalue weighted by molar-refractivity contribution is 5.77. The number of methoxy groups -OCH3 is 1. The third-order valence-corrected chi connectivity index (χ3v) is 3.05. The number of halogens is 1. The standard InChI is InChI=1S/C15H17FN2O/c1-10-7-8-14(19-3)13(9-10)18(2)15-11(16)5-4-6-12(15)17/h4-9H,17H2,1-3H3. The van der Waals surface area contributed by atoms with Gasteiger partial charge in [0.15, 0.2) is 0 Å². The lowest BCUT2D eigenvalue weighted by molar-refractivity contribution is 0.415. The van der Waals surface area contributed by atoms with E-state index in [9.17, 15) is 4.39 Å². The number of ether oxygens (including phenoxy) is 1. The summed E-state index contributed by atoms with van der Waals surface area (Å²) >= 11 is 0. The Bertz CT molecular complexity index is 578. The summed E-state index contributed by atoms with van der Waals surface area (Å²) in [6.07, 6.45) is 0. The van der Waals surface area contributed by atoms with Gasteiger partial charge in [0.25, 0.3) is 0 Å². The maximum atomic E-state index is 14.0. The van der Waals surface area contributed by atoms with Crippen molar-refractivity contribution >= 4 is 17.1 Å². The highest BCUT2D eigenvalue weighted by atomic mass is 19.1. The van der Waals surface area contributed by atoms with Gasteiger partial charge in [-0.2, -0.15) is 0 Å². The molecule has 0 aromatic heterocycles. The van der Waals surface area contributed by atoms with E-state index in [0.29, 0.717) is 17.1 Å². The Morgan fingerprint density at radius 2 is 1.95 bits per heavy atom. The second kappa shape index (κ2) is 5.18. The lowest BCUT2D eigenvalue weighted by Crippen LogP contribution is -2.14. The normalized spacial score (nSPS) is 10.3. The van der Waals surface area contributed by atoms with Crippen LogP contribution in [0.15, 0.2) is 36.4 Å². The summed E-state index contributed by atoms with van der Waals surface area (Å²) < 4.78 is 19.3. The first-order valence-corrected chi connectivity index (χ1v) is 5.97. The molecule has 0 saturated carbocycles. The third kappa shape index (κ3) is 2.47. The predicted molar refractivity (Wildman–Crippen MR) is 76.6 cm³/mol. The Balaban J connectivity index is 2.55. The zero-order valence-corrected chi connectivity index (χ0v) is 11.3. The van der Waals surface area contributed by atoms with Crippen molar-refractivity contribution in [2.45, 2.75) is 6.92 Å². The molecule has 4 heteroatoms. The van der Waals surface area contributed by atoms with Crippen LogP contribution >= 0.6 is 0 Å². The molecule has 0 amide bonds. The van der Waals surface area contributed by atoms with Gasteiger partial charge in [0.1, 0.15) is 17.3 Å². The highest BCUT2D eigenvalue weighted by Crippen LogP contribution is 2.37. The van der Waals surface area contributed by atoms with Crippen LogP contribution in [0.1, 0.15) is 5.56 Å². The molecular formula is C15H17FN2O. The maximum Gasteiger partial charge on any atom is 0.148 e. The summed E-state index contributed by atoms with van der Waals surface area (Å²) in [4.78, 5) is 1.70.